The van der Waals surface area contributed by atoms with Gasteiger partial charge in [0, 0.05) is 17.1 Å². The van der Waals surface area contributed by atoms with Crippen molar-refractivity contribution in [2.24, 2.45) is 0 Å². The van der Waals surface area contributed by atoms with E-state index in [9.17, 15) is 0 Å². The van der Waals surface area contributed by atoms with Crippen LogP contribution in [0, 0.1) is 11.3 Å². The maximum absolute atomic E-state index is 8.92. The zero-order chi connectivity index (χ0) is 11.3. The Balaban J connectivity index is 2.85. The van der Waals surface area contributed by atoms with E-state index in [-0.39, 0.29) is 0 Å². The van der Waals surface area contributed by atoms with E-state index in [1.165, 1.54) is 0 Å². The molecule has 0 aliphatic rings. The van der Waals surface area contributed by atoms with Crippen molar-refractivity contribution in [3.05, 3.63) is 40.4 Å². The summed E-state index contributed by atoms with van der Waals surface area (Å²) in [6, 6.07) is 9.61. The van der Waals surface area contributed by atoms with Crippen LogP contribution in [0.4, 0.5) is 0 Å². The van der Waals surface area contributed by atoms with Crippen LogP contribution in [-0.2, 0) is 0 Å². The third-order valence-electron chi connectivity index (χ3n) is 1.84. The molecule has 0 spiro atoms. The number of likely N-dealkylation sites (N-methyl/N-ethyl adjacent to an activating group) is 1. The molecule has 0 aromatic heterocycles. The van der Waals surface area contributed by atoms with Crippen LogP contribution in [0.3, 0.4) is 0 Å². The van der Waals surface area contributed by atoms with Crippen molar-refractivity contribution in [3.63, 3.8) is 0 Å². The molecule has 0 fully saturated rings. The lowest BCUT2D eigenvalue weighted by molar-refractivity contribution is 0.451. The molecular weight excluding hydrogens is 208 g/mol. The van der Waals surface area contributed by atoms with Crippen molar-refractivity contribution in [1.29, 1.82) is 5.26 Å². The summed E-state index contributed by atoms with van der Waals surface area (Å²) in [5, 5.41) is 9.63. The maximum atomic E-state index is 8.92. The molecule has 0 radical (unpaired) electrons. The second kappa shape index (κ2) is 5.55. The molecule has 0 saturated heterocycles. The van der Waals surface area contributed by atoms with Crippen LogP contribution in [0.1, 0.15) is 5.56 Å². The Kier molecular flexibility index (Phi) is 4.36. The van der Waals surface area contributed by atoms with E-state index >= 15 is 0 Å². The summed E-state index contributed by atoms with van der Waals surface area (Å²) >= 11 is 5.77. The SMILES string of the molecule is CN(C)C/C(C#N)=C/c1ccc(Cl)cc1. The number of hydrogen-bond acceptors (Lipinski definition) is 2. The largest absolute Gasteiger partial charge is 0.304 e. The first-order chi connectivity index (χ1) is 7.11. The van der Waals surface area contributed by atoms with E-state index in [1.54, 1.807) is 0 Å². The normalized spacial score (nSPS) is 11.5. The Morgan fingerprint density at radius 1 is 1.40 bits per heavy atom. The predicted octanol–water partition coefficient (Wildman–Crippen LogP) is 2.81. The molecule has 0 N–H and O–H groups in total. The van der Waals surface area contributed by atoms with E-state index in [2.05, 4.69) is 6.07 Å². The van der Waals surface area contributed by atoms with Crippen molar-refractivity contribution < 1.29 is 0 Å². The Bertz CT molecular complexity index is 385. The van der Waals surface area contributed by atoms with Crippen LogP contribution in [0.5, 0.6) is 0 Å². The molecule has 0 unspecified atom stereocenters. The van der Waals surface area contributed by atoms with Gasteiger partial charge in [0.15, 0.2) is 0 Å². The van der Waals surface area contributed by atoms with Gasteiger partial charge in [-0.05, 0) is 37.9 Å². The van der Waals surface area contributed by atoms with Crippen LogP contribution in [-0.4, -0.2) is 25.5 Å². The topological polar surface area (TPSA) is 27.0 Å². The van der Waals surface area contributed by atoms with E-state index < -0.39 is 0 Å². The molecule has 78 valence electrons. The van der Waals surface area contributed by atoms with Gasteiger partial charge in [-0.2, -0.15) is 5.26 Å². The van der Waals surface area contributed by atoms with Gasteiger partial charge >= 0.3 is 0 Å². The summed E-state index contributed by atoms with van der Waals surface area (Å²) in [6.07, 6.45) is 1.87. The summed E-state index contributed by atoms with van der Waals surface area (Å²) in [4.78, 5) is 1.96. The van der Waals surface area contributed by atoms with Gasteiger partial charge in [0.2, 0.25) is 0 Å². The molecule has 1 rings (SSSR count). The monoisotopic (exact) mass is 220 g/mol. The van der Waals surface area contributed by atoms with Gasteiger partial charge in [-0.15, -0.1) is 0 Å². The predicted molar refractivity (Wildman–Crippen MR) is 63.6 cm³/mol. The highest BCUT2D eigenvalue weighted by atomic mass is 35.5. The Morgan fingerprint density at radius 2 is 2.00 bits per heavy atom. The number of hydrogen-bond donors (Lipinski definition) is 0. The van der Waals surface area contributed by atoms with Crippen molar-refractivity contribution in [3.8, 4) is 6.07 Å². The van der Waals surface area contributed by atoms with Gasteiger partial charge in [0.1, 0.15) is 0 Å². The lowest BCUT2D eigenvalue weighted by Gasteiger charge is -2.07. The minimum absolute atomic E-state index is 0.652. The molecule has 0 atom stereocenters. The van der Waals surface area contributed by atoms with Crippen molar-refractivity contribution in [2.75, 3.05) is 20.6 Å². The quantitative estimate of drug-likeness (QED) is 0.733. The summed E-state index contributed by atoms with van der Waals surface area (Å²) in [5.74, 6) is 0. The first-order valence-corrected chi connectivity index (χ1v) is 5.00. The van der Waals surface area contributed by atoms with Crippen molar-refractivity contribution in [2.45, 2.75) is 0 Å². The molecule has 2 nitrogen and oxygen atoms in total. The van der Waals surface area contributed by atoms with Crippen LogP contribution >= 0.6 is 11.6 Å². The van der Waals surface area contributed by atoms with E-state index in [4.69, 9.17) is 16.9 Å². The number of benzene rings is 1. The minimum Gasteiger partial charge on any atom is -0.304 e. The fraction of sp³-hybridized carbons (Fsp3) is 0.250. The maximum Gasteiger partial charge on any atom is 0.0961 e. The van der Waals surface area contributed by atoms with Crippen LogP contribution < -0.4 is 0 Å². The first-order valence-electron chi connectivity index (χ1n) is 4.63. The summed E-state index contributed by atoms with van der Waals surface area (Å²) in [5.41, 5.74) is 1.74. The lowest BCUT2D eigenvalue weighted by atomic mass is 10.1. The minimum atomic E-state index is 0.652. The highest BCUT2D eigenvalue weighted by Gasteiger charge is 1.98. The molecular formula is C12H13ClN2. The molecule has 0 bridgehead atoms. The smallest absolute Gasteiger partial charge is 0.0961 e. The van der Waals surface area contributed by atoms with E-state index in [1.807, 2.05) is 49.3 Å². The molecule has 1 aromatic carbocycles. The molecule has 0 amide bonds. The Hall–Kier alpha value is -1.30. The number of nitriles is 1. The summed E-state index contributed by atoms with van der Waals surface area (Å²) in [6.45, 7) is 0.652. The molecule has 0 heterocycles. The molecule has 0 aliphatic heterocycles. The highest BCUT2D eigenvalue weighted by molar-refractivity contribution is 6.30. The zero-order valence-corrected chi connectivity index (χ0v) is 9.62. The lowest BCUT2D eigenvalue weighted by Crippen LogP contribution is -2.14. The second-order valence-electron chi connectivity index (χ2n) is 3.57. The summed E-state index contributed by atoms with van der Waals surface area (Å²) in [7, 11) is 3.88. The highest BCUT2D eigenvalue weighted by Crippen LogP contribution is 2.12. The number of nitrogens with zero attached hydrogens (tertiary/aromatic N) is 2. The zero-order valence-electron chi connectivity index (χ0n) is 8.87. The Morgan fingerprint density at radius 3 is 2.47 bits per heavy atom. The van der Waals surface area contributed by atoms with Crippen LogP contribution in [0.15, 0.2) is 29.8 Å². The van der Waals surface area contributed by atoms with Gasteiger partial charge in [0.25, 0.3) is 0 Å². The fourth-order valence-electron chi connectivity index (χ4n) is 1.21. The molecule has 3 heteroatoms. The summed E-state index contributed by atoms with van der Waals surface area (Å²) < 4.78 is 0. The molecule has 0 aliphatic carbocycles. The number of halogens is 1. The van der Waals surface area contributed by atoms with Gasteiger partial charge < -0.3 is 4.90 Å². The van der Waals surface area contributed by atoms with Gasteiger partial charge in [-0.3, -0.25) is 0 Å². The average molecular weight is 221 g/mol. The van der Waals surface area contributed by atoms with Crippen LogP contribution in [0.25, 0.3) is 6.08 Å². The Labute approximate surface area is 95.4 Å². The third-order valence-corrected chi connectivity index (χ3v) is 2.09. The van der Waals surface area contributed by atoms with Crippen LogP contribution in [0.2, 0.25) is 5.02 Å². The number of rotatable bonds is 3. The van der Waals surface area contributed by atoms with E-state index in [0.29, 0.717) is 11.6 Å². The molecule has 1 aromatic rings. The van der Waals surface area contributed by atoms with Crippen molar-refractivity contribution >= 4 is 17.7 Å². The van der Waals surface area contributed by atoms with Gasteiger partial charge in [-0.1, -0.05) is 23.7 Å². The molecule has 15 heavy (non-hydrogen) atoms. The average Bonchev–Trinajstić information content (AvgIpc) is 2.19. The van der Waals surface area contributed by atoms with Crippen molar-refractivity contribution in [1.82, 2.24) is 4.90 Å². The third kappa shape index (κ3) is 4.16. The standard InChI is InChI=1S/C12H13ClN2/c1-15(2)9-11(8-14)7-10-3-5-12(13)6-4-10/h3-7H,9H2,1-2H3/b11-7+. The van der Waals surface area contributed by atoms with E-state index in [0.717, 1.165) is 11.1 Å². The second-order valence-corrected chi connectivity index (χ2v) is 4.01. The van der Waals surface area contributed by atoms with Gasteiger partial charge in [-0.25, -0.2) is 0 Å². The first kappa shape index (κ1) is 11.8. The fourth-order valence-corrected chi connectivity index (χ4v) is 1.34. The molecule has 0 saturated carbocycles. The van der Waals surface area contributed by atoms with Gasteiger partial charge in [0.05, 0.1) is 6.07 Å².